The predicted octanol–water partition coefficient (Wildman–Crippen LogP) is 2.47. The first kappa shape index (κ1) is 13.5. The van der Waals surface area contributed by atoms with Gasteiger partial charge in [0.15, 0.2) is 0 Å². The smallest absolute Gasteiger partial charge is 0.125 e. The van der Waals surface area contributed by atoms with Crippen molar-refractivity contribution >= 4 is 6.79 Å². The van der Waals surface area contributed by atoms with Gasteiger partial charge < -0.3 is 14.3 Å². The van der Waals surface area contributed by atoms with Crippen LogP contribution in [0.25, 0.3) is 0 Å². The van der Waals surface area contributed by atoms with Gasteiger partial charge in [-0.05, 0) is 18.6 Å². The van der Waals surface area contributed by atoms with Crippen molar-refractivity contribution in [2.24, 2.45) is 0 Å². The van der Waals surface area contributed by atoms with Crippen LogP contribution in [0.3, 0.4) is 0 Å². The van der Waals surface area contributed by atoms with E-state index in [4.69, 9.17) is 14.3 Å². The predicted molar refractivity (Wildman–Crippen MR) is 60.7 cm³/mol. The molecule has 84 valence electrons. The van der Waals surface area contributed by atoms with Crippen molar-refractivity contribution < 1.29 is 14.3 Å². The Morgan fingerprint density at radius 2 is 1.60 bits per heavy atom. The molecule has 0 radical (unpaired) electrons. The average Bonchev–Trinajstić information content (AvgIpc) is 2.32. The van der Waals surface area contributed by atoms with Gasteiger partial charge in [-0.3, -0.25) is 0 Å². The number of benzene rings is 1. The van der Waals surface area contributed by atoms with Crippen LogP contribution in [0.5, 0.6) is 11.5 Å². The van der Waals surface area contributed by atoms with E-state index >= 15 is 0 Å². The standard InChI is InChI=1S/C11H16O2.CH2O/c1-4-6-9-10(12-2)7-5-8-11(9)13-3;1-2/h5,7-8H,4,6H2,1-3H3;1H2. The van der Waals surface area contributed by atoms with Crippen LogP contribution in [-0.4, -0.2) is 21.0 Å². The fourth-order valence-corrected chi connectivity index (χ4v) is 1.42. The van der Waals surface area contributed by atoms with Crippen molar-refractivity contribution in [1.82, 2.24) is 0 Å². The summed E-state index contributed by atoms with van der Waals surface area (Å²) in [7, 11) is 3.38. The van der Waals surface area contributed by atoms with Crippen molar-refractivity contribution in [2.45, 2.75) is 19.8 Å². The largest absolute Gasteiger partial charge is 0.496 e. The molecule has 0 aliphatic carbocycles. The van der Waals surface area contributed by atoms with Crippen molar-refractivity contribution in [1.29, 1.82) is 0 Å². The third kappa shape index (κ3) is 3.62. The third-order valence-corrected chi connectivity index (χ3v) is 2.03. The number of ether oxygens (including phenoxy) is 2. The highest BCUT2D eigenvalue weighted by atomic mass is 16.5. The van der Waals surface area contributed by atoms with Crippen LogP contribution in [0, 0.1) is 0 Å². The molecule has 0 bridgehead atoms. The third-order valence-electron chi connectivity index (χ3n) is 2.03. The molecule has 0 fully saturated rings. The van der Waals surface area contributed by atoms with E-state index in [2.05, 4.69) is 6.92 Å². The summed E-state index contributed by atoms with van der Waals surface area (Å²) < 4.78 is 10.5. The first-order chi connectivity index (χ1) is 7.33. The minimum Gasteiger partial charge on any atom is -0.496 e. The lowest BCUT2D eigenvalue weighted by atomic mass is 10.1. The summed E-state index contributed by atoms with van der Waals surface area (Å²) in [6.45, 7) is 4.14. The zero-order valence-electron chi connectivity index (χ0n) is 9.58. The van der Waals surface area contributed by atoms with Gasteiger partial charge in [0.1, 0.15) is 18.3 Å². The molecule has 1 aromatic rings. The van der Waals surface area contributed by atoms with E-state index in [9.17, 15) is 0 Å². The van der Waals surface area contributed by atoms with Gasteiger partial charge in [0, 0.05) is 5.56 Å². The lowest BCUT2D eigenvalue weighted by Crippen LogP contribution is -1.95. The second-order valence-corrected chi connectivity index (χ2v) is 2.89. The quantitative estimate of drug-likeness (QED) is 0.765. The molecule has 0 aliphatic heterocycles. The van der Waals surface area contributed by atoms with Crippen LogP contribution < -0.4 is 9.47 Å². The Balaban J connectivity index is 0.000000921. The van der Waals surface area contributed by atoms with Gasteiger partial charge in [-0.15, -0.1) is 0 Å². The highest BCUT2D eigenvalue weighted by Crippen LogP contribution is 2.29. The molecule has 3 nitrogen and oxygen atoms in total. The number of hydrogen-bond acceptors (Lipinski definition) is 3. The van der Waals surface area contributed by atoms with E-state index < -0.39 is 0 Å². The normalized spacial score (nSPS) is 8.73. The Morgan fingerprint density at radius 3 is 1.93 bits per heavy atom. The Hall–Kier alpha value is -1.51. The second-order valence-electron chi connectivity index (χ2n) is 2.89. The van der Waals surface area contributed by atoms with Crippen LogP contribution in [0.15, 0.2) is 18.2 Å². The molecule has 0 aliphatic rings. The first-order valence-corrected chi connectivity index (χ1v) is 4.82. The van der Waals surface area contributed by atoms with Gasteiger partial charge in [0.05, 0.1) is 14.2 Å². The molecule has 1 aromatic carbocycles. The topological polar surface area (TPSA) is 35.5 Å². The van der Waals surface area contributed by atoms with E-state index in [1.165, 1.54) is 0 Å². The van der Waals surface area contributed by atoms with Crippen LogP contribution >= 0.6 is 0 Å². The Kier molecular flexibility index (Phi) is 7.06. The molecule has 0 saturated heterocycles. The van der Waals surface area contributed by atoms with Crippen LogP contribution in [0.2, 0.25) is 0 Å². The van der Waals surface area contributed by atoms with Gasteiger partial charge in [-0.1, -0.05) is 19.4 Å². The van der Waals surface area contributed by atoms with Crippen molar-refractivity contribution in [2.75, 3.05) is 14.2 Å². The second kappa shape index (κ2) is 7.85. The fourth-order valence-electron chi connectivity index (χ4n) is 1.42. The molecule has 0 N–H and O–H groups in total. The molecule has 15 heavy (non-hydrogen) atoms. The van der Waals surface area contributed by atoms with E-state index in [1.807, 2.05) is 25.0 Å². The summed E-state index contributed by atoms with van der Waals surface area (Å²) >= 11 is 0. The summed E-state index contributed by atoms with van der Waals surface area (Å²) in [6, 6.07) is 5.87. The lowest BCUT2D eigenvalue weighted by Gasteiger charge is -2.11. The van der Waals surface area contributed by atoms with Gasteiger partial charge in [-0.2, -0.15) is 0 Å². The molecular weight excluding hydrogens is 192 g/mol. The molecule has 0 saturated carbocycles. The van der Waals surface area contributed by atoms with Gasteiger partial charge >= 0.3 is 0 Å². The maximum Gasteiger partial charge on any atom is 0.125 e. The number of rotatable bonds is 4. The molecule has 0 amide bonds. The average molecular weight is 210 g/mol. The van der Waals surface area contributed by atoms with Crippen molar-refractivity contribution in [3.63, 3.8) is 0 Å². The number of carbonyl (C=O) groups is 1. The Morgan fingerprint density at radius 1 is 1.13 bits per heavy atom. The number of hydrogen-bond donors (Lipinski definition) is 0. The molecule has 0 atom stereocenters. The highest BCUT2D eigenvalue weighted by Gasteiger charge is 2.07. The molecule has 0 aromatic heterocycles. The Bertz CT molecular complexity index is 262. The summed E-state index contributed by atoms with van der Waals surface area (Å²) in [5, 5.41) is 0. The molecule has 0 spiro atoms. The van der Waals surface area contributed by atoms with Gasteiger partial charge in [0.25, 0.3) is 0 Å². The van der Waals surface area contributed by atoms with Crippen LogP contribution in [0.1, 0.15) is 18.9 Å². The molecule has 0 unspecified atom stereocenters. The first-order valence-electron chi connectivity index (χ1n) is 4.82. The molecule has 3 heteroatoms. The van der Waals surface area contributed by atoms with Gasteiger partial charge in [0.2, 0.25) is 0 Å². The molecular formula is C12H18O3. The zero-order chi connectivity index (χ0) is 11.7. The Labute approximate surface area is 91.0 Å². The maximum absolute atomic E-state index is 8.00. The number of carbonyl (C=O) groups excluding carboxylic acids is 1. The molecule has 0 heterocycles. The van der Waals surface area contributed by atoms with Crippen LogP contribution in [0.4, 0.5) is 0 Å². The van der Waals surface area contributed by atoms with Crippen LogP contribution in [-0.2, 0) is 11.2 Å². The van der Waals surface area contributed by atoms with Crippen molar-refractivity contribution in [3.8, 4) is 11.5 Å². The minimum absolute atomic E-state index is 0.918. The molecule has 1 rings (SSSR count). The van der Waals surface area contributed by atoms with E-state index in [0.717, 1.165) is 29.9 Å². The fraction of sp³-hybridized carbons (Fsp3) is 0.417. The van der Waals surface area contributed by atoms with E-state index in [1.54, 1.807) is 14.2 Å². The lowest BCUT2D eigenvalue weighted by molar-refractivity contribution is -0.0979. The van der Waals surface area contributed by atoms with E-state index in [-0.39, 0.29) is 0 Å². The minimum atomic E-state index is 0.918. The summed E-state index contributed by atoms with van der Waals surface area (Å²) in [4.78, 5) is 8.00. The van der Waals surface area contributed by atoms with Crippen molar-refractivity contribution in [3.05, 3.63) is 23.8 Å². The van der Waals surface area contributed by atoms with E-state index in [0.29, 0.717) is 0 Å². The zero-order valence-corrected chi connectivity index (χ0v) is 9.58. The van der Waals surface area contributed by atoms with Gasteiger partial charge in [-0.25, -0.2) is 0 Å². The summed E-state index contributed by atoms with van der Waals surface area (Å²) in [5.74, 6) is 1.84. The maximum atomic E-state index is 8.00. The summed E-state index contributed by atoms with van der Waals surface area (Å²) in [6.07, 6.45) is 2.09. The highest BCUT2D eigenvalue weighted by molar-refractivity contribution is 5.44. The monoisotopic (exact) mass is 210 g/mol. The number of methoxy groups -OCH3 is 2. The SMILES string of the molecule is C=O.CCCc1c(OC)cccc1OC. The summed E-state index contributed by atoms with van der Waals surface area (Å²) in [5.41, 5.74) is 1.16.